The first-order valence-electron chi connectivity index (χ1n) is 7.86. The lowest BCUT2D eigenvalue weighted by Crippen LogP contribution is -2.41. The summed E-state index contributed by atoms with van der Waals surface area (Å²) in [6.07, 6.45) is 1.41. The number of piperidine rings is 1. The Morgan fingerprint density at radius 2 is 2.00 bits per heavy atom. The predicted octanol–water partition coefficient (Wildman–Crippen LogP) is 1.90. The van der Waals surface area contributed by atoms with Gasteiger partial charge in [-0.2, -0.15) is 0 Å². The molecule has 0 radical (unpaired) electrons. The van der Waals surface area contributed by atoms with Crippen LogP contribution in [0, 0.1) is 0 Å². The lowest BCUT2D eigenvalue weighted by atomic mass is 9.92. The van der Waals surface area contributed by atoms with Gasteiger partial charge in [-0.25, -0.2) is 9.48 Å². The first-order chi connectivity index (χ1) is 10.4. The molecule has 1 aromatic rings. The van der Waals surface area contributed by atoms with E-state index in [1.165, 1.54) is 0 Å². The number of carbonyl (C=O) groups is 1. The molecule has 0 bridgehead atoms. The second kappa shape index (κ2) is 6.64. The number of ether oxygens (including phenoxy) is 1. The topological polar surface area (TPSA) is 80.5 Å². The van der Waals surface area contributed by atoms with Crippen molar-refractivity contribution in [2.75, 3.05) is 13.1 Å². The Labute approximate surface area is 131 Å². The Bertz CT molecular complexity index is 492. The van der Waals surface area contributed by atoms with Crippen molar-refractivity contribution in [3.05, 3.63) is 11.4 Å². The number of amides is 1. The number of rotatable bonds is 3. The van der Waals surface area contributed by atoms with Crippen molar-refractivity contribution >= 4 is 6.09 Å². The van der Waals surface area contributed by atoms with Crippen LogP contribution in [0.2, 0.25) is 0 Å². The number of aliphatic hydroxyl groups excluding tert-OH is 1. The van der Waals surface area contributed by atoms with Crippen molar-refractivity contribution in [1.29, 1.82) is 0 Å². The second-order valence-corrected chi connectivity index (χ2v) is 6.64. The van der Waals surface area contributed by atoms with Gasteiger partial charge in [0.1, 0.15) is 11.3 Å². The molecule has 124 valence electrons. The van der Waals surface area contributed by atoms with E-state index >= 15 is 0 Å². The average molecular weight is 310 g/mol. The van der Waals surface area contributed by atoms with Gasteiger partial charge in [-0.05, 0) is 40.5 Å². The molecular formula is C15H26N4O3. The lowest BCUT2D eigenvalue weighted by molar-refractivity contribution is 0.0203. The molecule has 1 fully saturated rings. The fraction of sp³-hybridized carbons (Fsp3) is 0.800. The summed E-state index contributed by atoms with van der Waals surface area (Å²) in [4.78, 5) is 13.8. The molecule has 0 unspecified atom stereocenters. The Morgan fingerprint density at radius 3 is 2.50 bits per heavy atom. The summed E-state index contributed by atoms with van der Waals surface area (Å²) in [5.74, 6) is 0.274. The van der Waals surface area contributed by atoms with Gasteiger partial charge < -0.3 is 14.7 Å². The zero-order valence-electron chi connectivity index (χ0n) is 13.9. The summed E-state index contributed by atoms with van der Waals surface area (Å²) in [7, 11) is 0. The zero-order chi connectivity index (χ0) is 16.3. The molecule has 7 nitrogen and oxygen atoms in total. The molecule has 1 aromatic heterocycles. The number of hydrogen-bond acceptors (Lipinski definition) is 5. The van der Waals surface area contributed by atoms with Crippen LogP contribution in [0.4, 0.5) is 4.79 Å². The Balaban J connectivity index is 2.01. The van der Waals surface area contributed by atoms with Crippen LogP contribution in [0.3, 0.4) is 0 Å². The first kappa shape index (κ1) is 16.7. The van der Waals surface area contributed by atoms with E-state index < -0.39 is 5.60 Å². The van der Waals surface area contributed by atoms with E-state index in [9.17, 15) is 9.90 Å². The van der Waals surface area contributed by atoms with Gasteiger partial charge in [0.2, 0.25) is 0 Å². The largest absolute Gasteiger partial charge is 0.444 e. The van der Waals surface area contributed by atoms with Crippen LogP contribution >= 0.6 is 0 Å². The second-order valence-electron chi connectivity index (χ2n) is 6.64. The van der Waals surface area contributed by atoms with Crippen LogP contribution in [0.25, 0.3) is 0 Å². The highest BCUT2D eigenvalue weighted by Crippen LogP contribution is 2.30. The minimum atomic E-state index is -0.470. The van der Waals surface area contributed by atoms with Crippen LogP contribution in [-0.4, -0.2) is 49.8 Å². The van der Waals surface area contributed by atoms with Crippen LogP contribution in [-0.2, 0) is 17.9 Å². The van der Waals surface area contributed by atoms with E-state index in [1.54, 1.807) is 4.90 Å². The average Bonchev–Trinajstić information content (AvgIpc) is 2.88. The van der Waals surface area contributed by atoms with E-state index in [-0.39, 0.29) is 18.6 Å². The van der Waals surface area contributed by atoms with Crippen molar-refractivity contribution in [1.82, 2.24) is 19.9 Å². The number of aliphatic hydroxyl groups is 1. The van der Waals surface area contributed by atoms with E-state index in [1.807, 2.05) is 32.4 Å². The molecule has 1 amide bonds. The van der Waals surface area contributed by atoms with Gasteiger partial charge in [-0.15, -0.1) is 5.10 Å². The van der Waals surface area contributed by atoms with Gasteiger partial charge in [0.25, 0.3) is 0 Å². The summed E-state index contributed by atoms with van der Waals surface area (Å²) in [6, 6.07) is 0. The summed E-state index contributed by atoms with van der Waals surface area (Å²) >= 11 is 0. The monoisotopic (exact) mass is 310 g/mol. The Morgan fingerprint density at radius 1 is 1.36 bits per heavy atom. The normalized spacial score (nSPS) is 16.9. The van der Waals surface area contributed by atoms with E-state index in [2.05, 4.69) is 10.3 Å². The van der Waals surface area contributed by atoms with Gasteiger partial charge >= 0.3 is 6.09 Å². The molecule has 2 heterocycles. The molecule has 1 aliphatic rings. The van der Waals surface area contributed by atoms with Gasteiger partial charge in [-0.1, -0.05) is 5.21 Å². The minimum Gasteiger partial charge on any atom is -0.444 e. The molecule has 0 saturated carbocycles. The molecule has 2 rings (SSSR count). The zero-order valence-corrected chi connectivity index (χ0v) is 13.9. The summed E-state index contributed by atoms with van der Waals surface area (Å²) in [5.41, 5.74) is 1.19. The predicted molar refractivity (Wildman–Crippen MR) is 81.4 cm³/mol. The minimum absolute atomic E-state index is 0.0956. The van der Waals surface area contributed by atoms with Gasteiger partial charge in [0, 0.05) is 25.6 Å². The van der Waals surface area contributed by atoms with Gasteiger partial charge in [0.05, 0.1) is 12.3 Å². The van der Waals surface area contributed by atoms with Crippen LogP contribution in [0.15, 0.2) is 0 Å². The summed E-state index contributed by atoms with van der Waals surface area (Å²) in [6.45, 7) is 9.56. The molecular weight excluding hydrogens is 284 g/mol. The van der Waals surface area contributed by atoms with E-state index in [4.69, 9.17) is 4.74 Å². The molecule has 0 atom stereocenters. The number of aromatic nitrogens is 3. The standard InChI is InChI=1S/C15H26N4O3/c1-5-19-13(12(10-20)16-17-19)11-6-8-18(9-7-11)14(21)22-15(2,3)4/h11,20H,5-10H2,1-4H3. The Kier molecular flexibility index (Phi) is 5.05. The highest BCUT2D eigenvalue weighted by atomic mass is 16.6. The fourth-order valence-corrected chi connectivity index (χ4v) is 2.81. The Hall–Kier alpha value is -1.63. The van der Waals surface area contributed by atoms with Crippen molar-refractivity contribution in [3.63, 3.8) is 0 Å². The number of nitrogens with zero attached hydrogens (tertiary/aromatic N) is 4. The summed E-state index contributed by atoms with van der Waals surface area (Å²) in [5, 5.41) is 17.6. The molecule has 1 aliphatic heterocycles. The third kappa shape index (κ3) is 3.76. The van der Waals surface area contributed by atoms with Gasteiger partial charge in [-0.3, -0.25) is 0 Å². The number of likely N-dealkylation sites (tertiary alicyclic amines) is 1. The first-order valence-corrected chi connectivity index (χ1v) is 7.86. The summed E-state index contributed by atoms with van der Waals surface area (Å²) < 4.78 is 7.26. The highest BCUT2D eigenvalue weighted by molar-refractivity contribution is 5.68. The number of hydrogen-bond donors (Lipinski definition) is 1. The highest BCUT2D eigenvalue weighted by Gasteiger charge is 2.30. The maximum atomic E-state index is 12.1. The van der Waals surface area contributed by atoms with Crippen LogP contribution in [0.5, 0.6) is 0 Å². The van der Waals surface area contributed by atoms with Crippen molar-refractivity contribution in [3.8, 4) is 0 Å². The fourth-order valence-electron chi connectivity index (χ4n) is 2.81. The van der Waals surface area contributed by atoms with Crippen molar-refractivity contribution < 1.29 is 14.6 Å². The molecule has 1 saturated heterocycles. The number of carbonyl (C=O) groups excluding carboxylic acids is 1. The molecule has 0 aliphatic carbocycles. The third-order valence-corrected chi connectivity index (χ3v) is 3.83. The van der Waals surface area contributed by atoms with Gasteiger partial charge in [0.15, 0.2) is 0 Å². The molecule has 0 spiro atoms. The molecule has 1 N–H and O–H groups in total. The quantitative estimate of drug-likeness (QED) is 0.922. The van der Waals surface area contributed by atoms with Crippen LogP contribution < -0.4 is 0 Å². The van der Waals surface area contributed by atoms with E-state index in [0.29, 0.717) is 18.8 Å². The molecule has 7 heteroatoms. The number of aryl methyl sites for hydroxylation is 1. The maximum absolute atomic E-state index is 12.1. The third-order valence-electron chi connectivity index (χ3n) is 3.83. The maximum Gasteiger partial charge on any atom is 0.410 e. The molecule has 22 heavy (non-hydrogen) atoms. The van der Waals surface area contributed by atoms with Crippen molar-refractivity contribution in [2.24, 2.45) is 0 Å². The van der Waals surface area contributed by atoms with E-state index in [0.717, 1.165) is 25.1 Å². The molecule has 0 aromatic carbocycles. The smallest absolute Gasteiger partial charge is 0.410 e. The SMILES string of the molecule is CCn1nnc(CO)c1C1CCN(C(=O)OC(C)(C)C)CC1. The van der Waals surface area contributed by atoms with Crippen molar-refractivity contribution in [2.45, 2.75) is 65.2 Å². The lowest BCUT2D eigenvalue weighted by Gasteiger charge is -2.33. The van der Waals surface area contributed by atoms with Crippen LogP contribution in [0.1, 0.15) is 57.8 Å².